The van der Waals surface area contributed by atoms with Crippen molar-refractivity contribution in [1.29, 1.82) is 0 Å². The number of esters is 1. The first-order chi connectivity index (χ1) is 10.3. The summed E-state index contributed by atoms with van der Waals surface area (Å²) < 4.78 is 5.14. The maximum absolute atomic E-state index is 11.3. The van der Waals surface area contributed by atoms with Gasteiger partial charge in [0, 0.05) is 11.1 Å². The van der Waals surface area contributed by atoms with Gasteiger partial charge in [-0.3, -0.25) is 4.79 Å². The van der Waals surface area contributed by atoms with Crippen molar-refractivity contribution in [3.63, 3.8) is 0 Å². The predicted octanol–water partition coefficient (Wildman–Crippen LogP) is 4.72. The van der Waals surface area contributed by atoms with Gasteiger partial charge in [-0.25, -0.2) is 0 Å². The van der Waals surface area contributed by atoms with Crippen LogP contribution in [0.5, 0.6) is 5.75 Å². The molecule has 1 heterocycles. The lowest BCUT2D eigenvalue weighted by atomic mass is 10.1. The lowest BCUT2D eigenvalue weighted by molar-refractivity contribution is -0.131. The van der Waals surface area contributed by atoms with Crippen LogP contribution < -0.4 is 4.74 Å². The maximum atomic E-state index is 11.3. The highest BCUT2D eigenvalue weighted by molar-refractivity contribution is 6.90. The molecule has 1 aromatic carbocycles. The van der Waals surface area contributed by atoms with Crippen LogP contribution in [0.3, 0.4) is 0 Å². The van der Waals surface area contributed by atoms with Gasteiger partial charge in [0.15, 0.2) is 0 Å². The Balaban J connectivity index is 2.39. The van der Waals surface area contributed by atoms with Gasteiger partial charge in [-0.1, -0.05) is 47.5 Å². The third-order valence-electron chi connectivity index (χ3n) is 4.91. The van der Waals surface area contributed by atoms with Crippen molar-refractivity contribution in [2.24, 2.45) is 0 Å². The Kier molecular flexibility index (Phi) is 4.82. The largest absolute Gasteiger partial charge is 0.426 e. The molecule has 0 saturated heterocycles. The van der Waals surface area contributed by atoms with Crippen LogP contribution in [0.2, 0.25) is 16.6 Å². The van der Waals surface area contributed by atoms with Gasteiger partial charge in [0.05, 0.1) is 6.42 Å². The van der Waals surface area contributed by atoms with Crippen LogP contribution in [-0.2, 0) is 11.2 Å². The molecule has 0 atom stereocenters. The summed E-state index contributed by atoms with van der Waals surface area (Å²) in [5, 5.41) is 0. The SMILES string of the molecule is CC(C)[Si](C#Cc1ccc2c(c1)CC(=O)O2)(C(C)C)C(C)C. The van der Waals surface area contributed by atoms with Crippen LogP contribution in [-0.4, -0.2) is 14.0 Å². The van der Waals surface area contributed by atoms with Gasteiger partial charge in [-0.15, -0.1) is 5.54 Å². The minimum Gasteiger partial charge on any atom is -0.426 e. The highest BCUT2D eigenvalue weighted by Gasteiger charge is 2.41. The first kappa shape index (κ1) is 16.8. The monoisotopic (exact) mass is 314 g/mol. The van der Waals surface area contributed by atoms with Crippen molar-refractivity contribution in [1.82, 2.24) is 0 Å². The molecule has 1 aliphatic rings. The quantitative estimate of drug-likeness (QED) is 0.349. The summed E-state index contributed by atoms with van der Waals surface area (Å²) in [5.74, 6) is 3.94. The molecule has 1 aromatic rings. The molecule has 0 unspecified atom stereocenters. The Hall–Kier alpha value is -1.53. The van der Waals surface area contributed by atoms with Gasteiger partial charge in [0.2, 0.25) is 0 Å². The Morgan fingerprint density at radius 1 is 1.05 bits per heavy atom. The number of benzene rings is 1. The van der Waals surface area contributed by atoms with E-state index in [-0.39, 0.29) is 5.97 Å². The molecule has 0 amide bonds. The van der Waals surface area contributed by atoms with Gasteiger partial charge in [0.1, 0.15) is 13.8 Å². The number of ether oxygens (including phenoxy) is 1. The minimum atomic E-state index is -1.71. The van der Waals surface area contributed by atoms with E-state index in [0.717, 1.165) is 11.1 Å². The molecule has 0 bridgehead atoms. The van der Waals surface area contributed by atoms with Gasteiger partial charge in [-0.05, 0) is 34.8 Å². The average Bonchev–Trinajstić information content (AvgIpc) is 2.77. The van der Waals surface area contributed by atoms with Crippen LogP contribution in [0.15, 0.2) is 18.2 Å². The third-order valence-corrected chi connectivity index (χ3v) is 11.2. The standard InChI is InChI=1S/C19H26O2Si/c1-13(2)22(14(3)4,15(5)6)10-9-16-7-8-18-17(11-16)12-19(20)21-18/h7-8,11,13-15H,12H2,1-6H3. The summed E-state index contributed by atoms with van der Waals surface area (Å²) in [6.07, 6.45) is 0.367. The second-order valence-electron chi connectivity index (χ2n) is 7.12. The fraction of sp³-hybridized carbons (Fsp3) is 0.526. The molecule has 0 saturated carbocycles. The Morgan fingerprint density at radius 2 is 1.64 bits per heavy atom. The van der Waals surface area contributed by atoms with Gasteiger partial charge >= 0.3 is 5.97 Å². The second-order valence-corrected chi connectivity index (χ2v) is 12.7. The van der Waals surface area contributed by atoms with Crippen molar-refractivity contribution in [3.05, 3.63) is 29.3 Å². The number of carbonyl (C=O) groups is 1. The number of rotatable bonds is 3. The zero-order valence-electron chi connectivity index (χ0n) is 14.5. The number of fused-ring (bicyclic) bond motifs is 1. The van der Waals surface area contributed by atoms with E-state index in [1.54, 1.807) is 0 Å². The van der Waals surface area contributed by atoms with Crippen molar-refractivity contribution in [2.45, 2.75) is 64.6 Å². The molecule has 1 aliphatic heterocycles. The summed E-state index contributed by atoms with van der Waals surface area (Å²) >= 11 is 0. The summed E-state index contributed by atoms with van der Waals surface area (Å²) in [7, 11) is -1.71. The molecule has 2 rings (SSSR count). The molecule has 0 fully saturated rings. The van der Waals surface area contributed by atoms with Crippen molar-refractivity contribution in [2.75, 3.05) is 0 Å². The molecule has 3 heteroatoms. The lowest BCUT2D eigenvalue weighted by Gasteiger charge is -2.38. The second kappa shape index (κ2) is 6.30. The summed E-state index contributed by atoms with van der Waals surface area (Å²) in [5.41, 5.74) is 7.54. The molecule has 0 aliphatic carbocycles. The van der Waals surface area contributed by atoms with E-state index < -0.39 is 8.07 Å². The maximum Gasteiger partial charge on any atom is 0.315 e. The average molecular weight is 315 g/mol. The van der Waals surface area contributed by atoms with Crippen LogP contribution >= 0.6 is 0 Å². The minimum absolute atomic E-state index is 0.171. The van der Waals surface area contributed by atoms with Gasteiger partial charge in [-0.2, -0.15) is 0 Å². The molecule has 0 spiro atoms. The Morgan fingerprint density at radius 3 is 2.18 bits per heavy atom. The van der Waals surface area contributed by atoms with E-state index in [2.05, 4.69) is 53.0 Å². The van der Waals surface area contributed by atoms with Crippen molar-refractivity contribution in [3.8, 4) is 17.2 Å². The highest BCUT2D eigenvalue weighted by atomic mass is 28.3. The molecule has 118 valence electrons. The van der Waals surface area contributed by atoms with Crippen LogP contribution in [0.25, 0.3) is 0 Å². The van der Waals surface area contributed by atoms with Crippen LogP contribution in [0.1, 0.15) is 52.7 Å². The number of hydrogen-bond donors (Lipinski definition) is 0. The fourth-order valence-electron chi connectivity index (χ4n) is 3.82. The number of hydrogen-bond acceptors (Lipinski definition) is 2. The van der Waals surface area contributed by atoms with Gasteiger partial charge in [0.25, 0.3) is 0 Å². The zero-order valence-corrected chi connectivity index (χ0v) is 15.5. The summed E-state index contributed by atoms with van der Waals surface area (Å²) in [6.45, 7) is 13.9. The molecule has 0 N–H and O–H groups in total. The molecule has 22 heavy (non-hydrogen) atoms. The fourth-order valence-corrected chi connectivity index (χ4v) is 9.05. The molecular weight excluding hydrogens is 288 g/mol. The number of carbonyl (C=O) groups excluding carboxylic acids is 1. The van der Waals surface area contributed by atoms with Crippen molar-refractivity contribution >= 4 is 14.0 Å². The van der Waals surface area contributed by atoms with Crippen LogP contribution in [0.4, 0.5) is 0 Å². The van der Waals surface area contributed by atoms with E-state index in [1.165, 1.54) is 0 Å². The summed E-state index contributed by atoms with van der Waals surface area (Å²) in [4.78, 5) is 11.3. The molecular formula is C19H26O2Si. The molecule has 2 nitrogen and oxygen atoms in total. The van der Waals surface area contributed by atoms with E-state index >= 15 is 0 Å². The highest BCUT2D eigenvalue weighted by Crippen LogP contribution is 2.40. The smallest absolute Gasteiger partial charge is 0.315 e. The first-order valence-corrected chi connectivity index (χ1v) is 10.4. The lowest BCUT2D eigenvalue weighted by Crippen LogP contribution is -2.43. The Labute approximate surface area is 135 Å². The van der Waals surface area contributed by atoms with Crippen LogP contribution in [0, 0.1) is 11.5 Å². The summed E-state index contributed by atoms with van der Waals surface area (Å²) in [6, 6.07) is 5.84. The molecule has 0 radical (unpaired) electrons. The Bertz CT molecular complexity index is 611. The third kappa shape index (κ3) is 2.98. The zero-order chi connectivity index (χ0) is 16.5. The van der Waals surface area contributed by atoms with E-state index in [0.29, 0.717) is 28.8 Å². The van der Waals surface area contributed by atoms with E-state index in [9.17, 15) is 4.79 Å². The molecule has 0 aromatic heterocycles. The van der Waals surface area contributed by atoms with E-state index in [1.807, 2.05) is 18.2 Å². The van der Waals surface area contributed by atoms with E-state index in [4.69, 9.17) is 4.74 Å². The van der Waals surface area contributed by atoms with Crippen molar-refractivity contribution < 1.29 is 9.53 Å². The normalized spacial score (nSPS) is 14.1. The predicted molar refractivity (Wildman–Crippen MR) is 93.7 cm³/mol. The first-order valence-electron chi connectivity index (χ1n) is 8.14. The van der Waals surface area contributed by atoms with Gasteiger partial charge < -0.3 is 4.74 Å². The topological polar surface area (TPSA) is 26.3 Å².